The van der Waals surface area contributed by atoms with Gasteiger partial charge in [0.25, 0.3) is 10.6 Å². The van der Waals surface area contributed by atoms with E-state index in [4.69, 9.17) is 33.2 Å². The summed E-state index contributed by atoms with van der Waals surface area (Å²) in [6.07, 6.45) is -1.90. The molecule has 0 bridgehead atoms. The molecule has 4 rings (SSSR count). The lowest BCUT2D eigenvalue weighted by atomic mass is 10.0. The Bertz CT molecular complexity index is 2050. The lowest BCUT2D eigenvalue weighted by molar-refractivity contribution is -0.757. The average Bonchev–Trinajstić information content (AvgIpc) is 3.11. The molecule has 18 heteroatoms. The van der Waals surface area contributed by atoms with Crippen molar-refractivity contribution in [1.82, 2.24) is 15.3 Å². The van der Waals surface area contributed by atoms with Crippen LogP contribution in [0.25, 0.3) is 22.3 Å². The van der Waals surface area contributed by atoms with Crippen LogP contribution in [0.3, 0.4) is 0 Å². The maximum absolute atomic E-state index is 13.0. The Morgan fingerprint density at radius 3 is 2.20 bits per heavy atom. The highest BCUT2D eigenvalue weighted by Crippen LogP contribution is 2.31. The van der Waals surface area contributed by atoms with Gasteiger partial charge in [-0.15, -0.1) is 10.1 Å². The van der Waals surface area contributed by atoms with Crippen molar-refractivity contribution in [2.45, 2.75) is 52.7 Å². The van der Waals surface area contributed by atoms with E-state index < -0.39 is 48.2 Å². The second-order valence-electron chi connectivity index (χ2n) is 12.9. The van der Waals surface area contributed by atoms with Gasteiger partial charge in [-0.1, -0.05) is 12.1 Å². The van der Waals surface area contributed by atoms with Gasteiger partial charge in [-0.3, -0.25) is 4.79 Å². The number of methoxy groups -OCH3 is 2. The molecule has 294 valence electrons. The van der Waals surface area contributed by atoms with E-state index in [-0.39, 0.29) is 30.9 Å². The second kappa shape index (κ2) is 18.4. The molecule has 0 fully saturated rings. The summed E-state index contributed by atoms with van der Waals surface area (Å²) in [7, 11) is 2.97. The smallest absolute Gasteiger partial charge is 0.497 e. The molecular formula is C37H42N4O14. The normalized spacial score (nSPS) is 11.5. The largest absolute Gasteiger partial charge is 0.513 e. The number of esters is 1. The third kappa shape index (κ3) is 12.0. The number of carbonyl (C=O) groups excluding carboxylic acids is 3. The highest BCUT2D eigenvalue weighted by Gasteiger charge is 2.26. The van der Waals surface area contributed by atoms with Gasteiger partial charge in [-0.05, 0) is 75.6 Å². The Labute approximate surface area is 315 Å². The van der Waals surface area contributed by atoms with Gasteiger partial charge in [0.2, 0.25) is 0 Å². The van der Waals surface area contributed by atoms with E-state index in [0.717, 1.165) is 11.1 Å². The molecule has 0 saturated carbocycles. The Balaban J connectivity index is 1.31. The van der Waals surface area contributed by atoms with Crippen LogP contribution in [0.1, 0.15) is 37.5 Å². The molecule has 0 aliphatic rings. The fourth-order valence-corrected chi connectivity index (χ4v) is 5.26. The van der Waals surface area contributed by atoms with E-state index in [2.05, 4.69) is 20.1 Å². The number of benzene rings is 3. The van der Waals surface area contributed by atoms with Gasteiger partial charge in [0, 0.05) is 24.1 Å². The first-order chi connectivity index (χ1) is 26.1. The molecule has 55 heavy (non-hydrogen) atoms. The summed E-state index contributed by atoms with van der Waals surface area (Å²) in [5.41, 5.74) is 1.92. The molecule has 1 atom stereocenters. The predicted octanol–water partition coefficient (Wildman–Crippen LogP) is 5.01. The van der Waals surface area contributed by atoms with Gasteiger partial charge in [-0.2, -0.15) is 0 Å². The highest BCUT2D eigenvalue weighted by molar-refractivity contribution is 5.87. The maximum Gasteiger partial charge on any atom is 0.513 e. The first-order valence-corrected chi connectivity index (χ1v) is 16.8. The van der Waals surface area contributed by atoms with Crippen LogP contribution >= 0.6 is 0 Å². The van der Waals surface area contributed by atoms with Crippen molar-refractivity contribution in [3.8, 4) is 34.4 Å². The molecule has 0 radical (unpaired) electrons. The monoisotopic (exact) mass is 766 g/mol. The molecule has 1 aromatic heterocycles. The first-order valence-electron chi connectivity index (χ1n) is 16.8. The number of alkyl carbamates (subject to hydrolysis) is 1. The molecule has 0 aliphatic heterocycles. The lowest BCUT2D eigenvalue weighted by Crippen LogP contribution is -2.45. The minimum absolute atomic E-state index is 0.0139. The number of nitrogens with zero attached hydrogens (tertiary/aromatic N) is 2. The molecular weight excluding hydrogens is 724 g/mol. The van der Waals surface area contributed by atoms with Gasteiger partial charge in [0.05, 0.1) is 19.7 Å². The Morgan fingerprint density at radius 1 is 0.909 bits per heavy atom. The summed E-state index contributed by atoms with van der Waals surface area (Å²) in [6, 6.07) is 11.7. The second-order valence-corrected chi connectivity index (χ2v) is 12.9. The van der Waals surface area contributed by atoms with Crippen LogP contribution in [0.4, 0.5) is 9.59 Å². The first kappa shape index (κ1) is 41.2. The Hall–Kier alpha value is -6.59. The third-order valence-electron chi connectivity index (χ3n) is 7.55. The number of aromatic nitrogens is 2. The van der Waals surface area contributed by atoms with Crippen molar-refractivity contribution in [3.63, 3.8) is 0 Å². The summed E-state index contributed by atoms with van der Waals surface area (Å²) in [6.45, 7) is 7.61. The van der Waals surface area contributed by atoms with Crippen molar-refractivity contribution >= 4 is 29.1 Å². The molecule has 18 nitrogen and oxygen atoms in total. The van der Waals surface area contributed by atoms with Crippen molar-refractivity contribution in [3.05, 3.63) is 85.7 Å². The van der Waals surface area contributed by atoms with E-state index >= 15 is 0 Å². The van der Waals surface area contributed by atoms with E-state index in [1.54, 1.807) is 45.0 Å². The van der Waals surface area contributed by atoms with Crippen LogP contribution < -0.4 is 29.8 Å². The number of aryl methyl sites for hydroxylation is 2. The predicted molar refractivity (Wildman–Crippen MR) is 195 cm³/mol. The topological polar surface area (TPSA) is 226 Å². The standard InChI is InChI=1S/C37H42N4O14/c1-21-16-24(32-38-27-19-26(48-6)20-29(49-7)30(27)33(42)40-32)17-22(2)31(21)50-12-13-52-36(45)54-25-10-8-23(9-11-25)18-28(39-35(44)55-37(3,4)5)34(43)51-14-15-53-41(46)47/h8-11,16-17,19-20,28H,12-15,18H2,1-7H3,(H,39,44)(H,38,40,42). The number of hydrogen-bond acceptors (Lipinski definition) is 15. The number of hydrogen-bond donors (Lipinski definition) is 2. The summed E-state index contributed by atoms with van der Waals surface area (Å²) in [5, 5.41) is 12.1. The zero-order chi connectivity index (χ0) is 40.3. The summed E-state index contributed by atoms with van der Waals surface area (Å²) >= 11 is 0. The van der Waals surface area contributed by atoms with Crippen molar-refractivity contribution in [2.24, 2.45) is 0 Å². The molecule has 2 N–H and O–H groups in total. The molecule has 1 heterocycles. The molecule has 0 saturated heterocycles. The maximum atomic E-state index is 13.0. The zero-order valence-electron chi connectivity index (χ0n) is 31.3. The third-order valence-corrected chi connectivity index (χ3v) is 7.55. The SMILES string of the molecule is COc1cc(OC)c2c(=O)[nH]c(-c3cc(C)c(OCCOC(=O)Oc4ccc(CC(NC(=O)OC(C)(C)C)C(=O)OCCO[N+](=O)[O-])cc4)c(C)c3)nc2c1. The minimum Gasteiger partial charge on any atom is -0.497 e. The molecule has 0 spiro atoms. The Morgan fingerprint density at radius 2 is 1.58 bits per heavy atom. The molecule has 0 aliphatic carbocycles. The van der Waals surface area contributed by atoms with Gasteiger partial charge in [0.15, 0.2) is 0 Å². The van der Waals surface area contributed by atoms with E-state index in [0.29, 0.717) is 45.1 Å². The number of fused-ring (bicyclic) bond motifs is 1. The number of carbonyl (C=O) groups is 3. The summed E-state index contributed by atoms with van der Waals surface area (Å²) < 4.78 is 37.3. The van der Waals surface area contributed by atoms with Crippen LogP contribution in [-0.2, 0) is 30.3 Å². The van der Waals surface area contributed by atoms with E-state index in [1.165, 1.54) is 26.4 Å². The molecule has 3 aromatic carbocycles. The van der Waals surface area contributed by atoms with Gasteiger partial charge in [-0.25, -0.2) is 19.4 Å². The lowest BCUT2D eigenvalue weighted by Gasteiger charge is -2.23. The summed E-state index contributed by atoms with van der Waals surface area (Å²) in [4.78, 5) is 72.4. The fraction of sp³-hybridized carbons (Fsp3) is 0.378. The van der Waals surface area contributed by atoms with Gasteiger partial charge >= 0.3 is 18.2 Å². The van der Waals surface area contributed by atoms with Crippen molar-refractivity contribution in [1.29, 1.82) is 0 Å². The molecule has 1 amide bonds. The average molecular weight is 767 g/mol. The van der Waals surface area contributed by atoms with E-state index in [1.807, 2.05) is 26.0 Å². The van der Waals surface area contributed by atoms with E-state index in [9.17, 15) is 29.3 Å². The number of aromatic amines is 1. The number of nitrogens with one attached hydrogen (secondary N) is 2. The van der Waals surface area contributed by atoms with Crippen molar-refractivity contribution in [2.75, 3.05) is 40.6 Å². The number of ether oxygens (including phenoxy) is 7. The number of H-pyrrole nitrogens is 1. The quantitative estimate of drug-likeness (QED) is 0.0382. The zero-order valence-corrected chi connectivity index (χ0v) is 31.3. The fourth-order valence-electron chi connectivity index (χ4n) is 5.26. The van der Waals surface area contributed by atoms with Crippen LogP contribution in [-0.4, -0.2) is 85.6 Å². The van der Waals surface area contributed by atoms with Crippen LogP contribution in [0, 0.1) is 24.0 Å². The number of rotatable bonds is 16. The summed E-state index contributed by atoms with van der Waals surface area (Å²) in [5.74, 6) is 1.03. The minimum atomic E-state index is -1.21. The van der Waals surface area contributed by atoms with Gasteiger partial charge in [0.1, 0.15) is 72.3 Å². The van der Waals surface area contributed by atoms with Crippen molar-refractivity contribution < 1.29 is 57.5 Å². The number of amides is 1. The molecule has 4 aromatic rings. The van der Waals surface area contributed by atoms with Gasteiger partial charge < -0.3 is 48.3 Å². The highest BCUT2D eigenvalue weighted by atomic mass is 17.0. The van der Waals surface area contributed by atoms with Crippen LogP contribution in [0.5, 0.6) is 23.0 Å². The van der Waals surface area contributed by atoms with Crippen LogP contribution in [0.15, 0.2) is 53.3 Å². The Kier molecular flexibility index (Phi) is 13.8. The molecule has 1 unspecified atom stereocenters. The van der Waals surface area contributed by atoms with Crippen LogP contribution in [0.2, 0.25) is 0 Å².